The maximum absolute atomic E-state index is 13.5. The van der Waals surface area contributed by atoms with Crippen molar-refractivity contribution in [1.29, 1.82) is 0 Å². The highest BCUT2D eigenvalue weighted by Crippen LogP contribution is 2.33. The molecule has 1 N–H and O–H groups in total. The van der Waals surface area contributed by atoms with Gasteiger partial charge in [0.15, 0.2) is 0 Å². The molecule has 2 aromatic rings. The number of amides is 2. The average molecular weight is 468 g/mol. The van der Waals surface area contributed by atoms with Crippen LogP contribution in [0.3, 0.4) is 0 Å². The Morgan fingerprint density at radius 1 is 1.03 bits per heavy atom. The Bertz CT molecular complexity index is 896. The summed E-state index contributed by atoms with van der Waals surface area (Å²) >= 11 is 18.3. The zero-order valence-electron chi connectivity index (χ0n) is 16.8. The van der Waals surface area contributed by atoms with E-state index >= 15 is 0 Å². The second-order valence-electron chi connectivity index (χ2n) is 7.63. The lowest BCUT2D eigenvalue weighted by Gasteiger charge is -2.34. The van der Waals surface area contributed by atoms with E-state index in [0.29, 0.717) is 21.3 Å². The molecule has 1 unspecified atom stereocenters. The van der Waals surface area contributed by atoms with E-state index in [1.165, 1.54) is 11.3 Å². The average Bonchev–Trinajstić information content (AvgIpc) is 2.75. The molecule has 0 radical (unpaired) electrons. The van der Waals surface area contributed by atoms with Crippen LogP contribution >= 0.6 is 34.8 Å². The fraction of sp³-hybridized carbons (Fsp3) is 0.391. The van der Waals surface area contributed by atoms with E-state index in [2.05, 4.69) is 5.32 Å². The van der Waals surface area contributed by atoms with Gasteiger partial charge >= 0.3 is 0 Å². The summed E-state index contributed by atoms with van der Waals surface area (Å²) in [7, 11) is 0. The summed E-state index contributed by atoms with van der Waals surface area (Å²) < 4.78 is 0. The van der Waals surface area contributed by atoms with E-state index in [1.807, 2.05) is 13.0 Å². The lowest BCUT2D eigenvalue weighted by Crippen LogP contribution is -2.48. The number of hydrogen-bond acceptors (Lipinski definition) is 2. The molecule has 0 bridgehead atoms. The zero-order valence-corrected chi connectivity index (χ0v) is 19.1. The maximum Gasteiger partial charge on any atom is 0.248 e. The van der Waals surface area contributed by atoms with Crippen molar-refractivity contribution < 1.29 is 9.59 Å². The van der Waals surface area contributed by atoms with Crippen LogP contribution in [-0.2, 0) is 9.59 Å². The molecule has 1 aliphatic carbocycles. The number of nitrogens with one attached hydrogen (secondary N) is 1. The van der Waals surface area contributed by atoms with Crippen LogP contribution in [0.2, 0.25) is 10.0 Å². The van der Waals surface area contributed by atoms with Crippen LogP contribution < -0.4 is 10.2 Å². The Balaban J connectivity index is 2.06. The molecular formula is C23H25Cl3N2O2. The minimum absolute atomic E-state index is 0.106. The van der Waals surface area contributed by atoms with Gasteiger partial charge in [0.1, 0.15) is 11.9 Å². The number of carbonyl (C=O) groups excluding carboxylic acids is 2. The highest BCUT2D eigenvalue weighted by Gasteiger charge is 2.34. The van der Waals surface area contributed by atoms with Gasteiger partial charge in [-0.05, 0) is 55.2 Å². The molecule has 7 heteroatoms. The Labute approximate surface area is 192 Å². The molecule has 160 valence electrons. The molecule has 4 nitrogen and oxygen atoms in total. The Hall–Kier alpha value is -1.75. The number of rotatable bonds is 6. The molecule has 0 saturated heterocycles. The largest absolute Gasteiger partial charge is 0.351 e. The van der Waals surface area contributed by atoms with Crippen molar-refractivity contribution in [3.8, 4) is 0 Å². The Morgan fingerprint density at radius 3 is 2.30 bits per heavy atom. The highest BCUT2D eigenvalue weighted by molar-refractivity contribution is 6.32. The van der Waals surface area contributed by atoms with E-state index in [0.717, 1.165) is 31.2 Å². The van der Waals surface area contributed by atoms with Crippen LogP contribution in [0.5, 0.6) is 0 Å². The van der Waals surface area contributed by atoms with E-state index in [1.54, 1.807) is 36.4 Å². The van der Waals surface area contributed by atoms with Crippen LogP contribution in [0.4, 0.5) is 5.69 Å². The van der Waals surface area contributed by atoms with Crippen molar-refractivity contribution in [2.24, 2.45) is 0 Å². The van der Waals surface area contributed by atoms with Crippen LogP contribution in [0.1, 0.15) is 49.3 Å². The standard InChI is InChI=1S/C23H25Cl3N2O2/c1-15-7-10-18(26)13-20(15)28(21(29)14-24)22(16-8-11-17(25)12-9-16)23(30)27-19-5-3-2-4-6-19/h7-13,19,22H,2-6,14H2,1H3,(H,27,30). The fourth-order valence-corrected chi connectivity index (χ4v) is 4.33. The molecule has 2 aromatic carbocycles. The Kier molecular flexibility index (Phi) is 8.04. The number of carbonyl (C=O) groups is 2. The summed E-state index contributed by atoms with van der Waals surface area (Å²) in [5.74, 6) is -0.866. The van der Waals surface area contributed by atoms with Crippen molar-refractivity contribution >= 4 is 52.3 Å². The van der Waals surface area contributed by atoms with Gasteiger partial charge < -0.3 is 5.32 Å². The number of hydrogen-bond donors (Lipinski definition) is 1. The lowest BCUT2D eigenvalue weighted by molar-refractivity contribution is -0.126. The van der Waals surface area contributed by atoms with Crippen molar-refractivity contribution in [1.82, 2.24) is 5.32 Å². The van der Waals surface area contributed by atoms with Crippen molar-refractivity contribution in [3.63, 3.8) is 0 Å². The molecule has 1 saturated carbocycles. The molecule has 0 spiro atoms. The maximum atomic E-state index is 13.5. The molecule has 1 atom stereocenters. The van der Waals surface area contributed by atoms with Crippen molar-refractivity contribution in [3.05, 3.63) is 63.6 Å². The second-order valence-corrected chi connectivity index (χ2v) is 8.77. The van der Waals surface area contributed by atoms with E-state index in [-0.39, 0.29) is 23.7 Å². The minimum atomic E-state index is -0.882. The summed E-state index contributed by atoms with van der Waals surface area (Å²) in [6.07, 6.45) is 5.26. The summed E-state index contributed by atoms with van der Waals surface area (Å²) in [6.45, 7) is 1.87. The molecule has 3 rings (SSSR count). The number of nitrogens with zero attached hydrogens (tertiary/aromatic N) is 1. The van der Waals surface area contributed by atoms with Gasteiger partial charge in [-0.3, -0.25) is 14.5 Å². The predicted octanol–water partition coefficient (Wildman–Crippen LogP) is 6.06. The topological polar surface area (TPSA) is 49.4 Å². The zero-order chi connectivity index (χ0) is 21.7. The number of anilines is 1. The van der Waals surface area contributed by atoms with Gasteiger partial charge in [-0.15, -0.1) is 11.6 Å². The third-order valence-corrected chi connectivity index (χ3v) is 6.17. The fourth-order valence-electron chi connectivity index (χ4n) is 3.91. The molecule has 1 aliphatic rings. The molecule has 2 amide bonds. The van der Waals surface area contributed by atoms with Crippen LogP contribution in [0.15, 0.2) is 42.5 Å². The van der Waals surface area contributed by atoms with Crippen molar-refractivity contribution in [2.45, 2.75) is 51.1 Å². The number of alkyl halides is 1. The van der Waals surface area contributed by atoms with E-state index in [4.69, 9.17) is 34.8 Å². The van der Waals surface area contributed by atoms with Gasteiger partial charge in [0.2, 0.25) is 11.8 Å². The molecule has 1 fully saturated rings. The third-order valence-electron chi connectivity index (χ3n) is 5.46. The first-order chi connectivity index (χ1) is 14.4. The molecule has 0 heterocycles. The van der Waals surface area contributed by atoms with Gasteiger partial charge in [-0.25, -0.2) is 0 Å². The SMILES string of the molecule is Cc1ccc(Cl)cc1N(C(=O)CCl)C(C(=O)NC1CCCCC1)c1ccc(Cl)cc1. The van der Waals surface area contributed by atoms with Gasteiger partial charge in [-0.2, -0.15) is 0 Å². The summed E-state index contributed by atoms with van der Waals surface area (Å²) in [4.78, 5) is 28.0. The first-order valence-corrected chi connectivity index (χ1v) is 11.4. The van der Waals surface area contributed by atoms with Gasteiger partial charge in [-0.1, -0.05) is 60.7 Å². The molecule has 0 aliphatic heterocycles. The first-order valence-electron chi connectivity index (χ1n) is 10.1. The van der Waals surface area contributed by atoms with Crippen molar-refractivity contribution in [2.75, 3.05) is 10.8 Å². The smallest absolute Gasteiger partial charge is 0.248 e. The van der Waals surface area contributed by atoms with Gasteiger partial charge in [0.25, 0.3) is 0 Å². The minimum Gasteiger partial charge on any atom is -0.351 e. The first kappa shape index (κ1) is 22.9. The van der Waals surface area contributed by atoms with Crippen LogP contribution in [-0.4, -0.2) is 23.7 Å². The summed E-state index contributed by atoms with van der Waals surface area (Å²) in [5, 5.41) is 4.19. The number of aryl methyl sites for hydroxylation is 1. The summed E-state index contributed by atoms with van der Waals surface area (Å²) in [6, 6.07) is 11.5. The number of halogens is 3. The summed E-state index contributed by atoms with van der Waals surface area (Å²) in [5.41, 5.74) is 2.04. The quantitative estimate of drug-likeness (QED) is 0.525. The number of benzene rings is 2. The molecule has 30 heavy (non-hydrogen) atoms. The van der Waals surface area contributed by atoms with Gasteiger partial charge in [0.05, 0.1) is 0 Å². The monoisotopic (exact) mass is 466 g/mol. The van der Waals surface area contributed by atoms with Crippen LogP contribution in [0.25, 0.3) is 0 Å². The van der Waals surface area contributed by atoms with Gasteiger partial charge in [0, 0.05) is 21.8 Å². The molecule has 0 aromatic heterocycles. The molecular weight excluding hydrogens is 443 g/mol. The van der Waals surface area contributed by atoms with E-state index < -0.39 is 6.04 Å². The van der Waals surface area contributed by atoms with E-state index in [9.17, 15) is 9.59 Å². The highest BCUT2D eigenvalue weighted by atomic mass is 35.5. The second kappa shape index (κ2) is 10.5. The lowest BCUT2D eigenvalue weighted by atomic mass is 9.94. The third kappa shape index (κ3) is 5.48. The predicted molar refractivity (Wildman–Crippen MR) is 124 cm³/mol. The normalized spacial score (nSPS) is 15.5. The Morgan fingerprint density at radius 2 is 1.67 bits per heavy atom. The van der Waals surface area contributed by atoms with Crippen LogP contribution in [0, 0.1) is 6.92 Å².